The Morgan fingerprint density at radius 2 is 1.65 bits per heavy atom. The van der Waals surface area contributed by atoms with Gasteiger partial charge in [0.2, 0.25) is 0 Å². The van der Waals surface area contributed by atoms with Gasteiger partial charge in [-0.05, 0) is 32.6 Å². The van der Waals surface area contributed by atoms with Crippen LogP contribution in [0.15, 0.2) is 0 Å². The first kappa shape index (κ1) is 21.0. The topological polar surface area (TPSA) is 105 Å². The zero-order valence-electron chi connectivity index (χ0n) is 14.9. The molecule has 0 aliphatic carbocycles. The van der Waals surface area contributed by atoms with Crippen LogP contribution in [0.2, 0.25) is 0 Å². The highest BCUT2D eigenvalue weighted by atomic mass is 16.6. The van der Waals surface area contributed by atoms with E-state index in [1.807, 2.05) is 13.8 Å². The lowest BCUT2D eigenvalue weighted by Crippen LogP contribution is -2.57. The van der Waals surface area contributed by atoms with Gasteiger partial charge in [0, 0.05) is 0 Å². The summed E-state index contributed by atoms with van der Waals surface area (Å²) in [6.07, 6.45) is -1.86. The Bertz CT molecular complexity index is 428. The number of carbonyl (C=O) groups excluding carboxylic acids is 2. The van der Waals surface area contributed by atoms with Crippen molar-refractivity contribution in [2.45, 2.75) is 60.1 Å². The van der Waals surface area contributed by atoms with Crippen molar-refractivity contribution in [3.05, 3.63) is 0 Å². The van der Waals surface area contributed by atoms with Crippen LogP contribution in [0.5, 0.6) is 0 Å². The zero-order chi connectivity index (χ0) is 18.4. The van der Waals surface area contributed by atoms with E-state index < -0.39 is 35.7 Å². The van der Waals surface area contributed by atoms with Gasteiger partial charge in [0.25, 0.3) is 0 Å². The van der Waals surface area contributed by atoms with Gasteiger partial charge in [-0.25, -0.2) is 24.8 Å². The monoisotopic (exact) mass is 332 g/mol. The second kappa shape index (κ2) is 8.59. The van der Waals surface area contributed by atoms with Crippen LogP contribution in [0.4, 0.5) is 9.59 Å². The molecule has 2 N–H and O–H groups in total. The van der Waals surface area contributed by atoms with E-state index in [0.29, 0.717) is 5.01 Å². The lowest BCUT2D eigenvalue weighted by atomic mass is 10.0. The third kappa shape index (κ3) is 8.27. The van der Waals surface area contributed by atoms with Crippen molar-refractivity contribution < 1.29 is 29.0 Å². The SMILES string of the molecule is CC(C)COC(=O)N(NC(=O)OC(C)(C)C)[C@H](C(=O)O)C(C)C. The number of carbonyl (C=O) groups is 3. The lowest BCUT2D eigenvalue weighted by Gasteiger charge is -2.31. The number of hydrogen-bond donors (Lipinski definition) is 2. The average Bonchev–Trinajstić information content (AvgIpc) is 2.31. The van der Waals surface area contributed by atoms with Crippen LogP contribution in [0.1, 0.15) is 48.5 Å². The van der Waals surface area contributed by atoms with Crippen LogP contribution in [0.3, 0.4) is 0 Å². The third-order valence-corrected chi connectivity index (χ3v) is 2.51. The first-order chi connectivity index (χ1) is 10.3. The maximum atomic E-state index is 12.2. The Kier molecular flexibility index (Phi) is 7.85. The van der Waals surface area contributed by atoms with E-state index in [9.17, 15) is 19.5 Å². The normalized spacial score (nSPS) is 12.7. The van der Waals surface area contributed by atoms with Crippen LogP contribution in [0, 0.1) is 11.8 Å². The fourth-order valence-corrected chi connectivity index (χ4v) is 1.63. The van der Waals surface area contributed by atoms with Crippen LogP contribution in [0.25, 0.3) is 0 Å². The van der Waals surface area contributed by atoms with E-state index in [1.54, 1.807) is 34.6 Å². The Labute approximate surface area is 137 Å². The lowest BCUT2D eigenvalue weighted by molar-refractivity contribution is -0.145. The summed E-state index contributed by atoms with van der Waals surface area (Å²) in [7, 11) is 0. The second-order valence-electron chi connectivity index (χ2n) is 6.98. The number of nitrogens with zero attached hydrogens (tertiary/aromatic N) is 1. The highest BCUT2D eigenvalue weighted by molar-refractivity contribution is 5.82. The molecule has 0 saturated heterocycles. The molecule has 0 spiro atoms. The summed E-state index contributed by atoms with van der Waals surface area (Å²) in [5.41, 5.74) is 1.39. The van der Waals surface area contributed by atoms with Gasteiger partial charge in [0.05, 0.1) is 6.61 Å². The zero-order valence-corrected chi connectivity index (χ0v) is 14.9. The number of hydrogen-bond acceptors (Lipinski definition) is 5. The molecule has 0 unspecified atom stereocenters. The summed E-state index contributed by atoms with van der Waals surface area (Å²) >= 11 is 0. The molecule has 0 heterocycles. The van der Waals surface area contributed by atoms with Crippen LogP contribution < -0.4 is 5.43 Å². The molecule has 0 aromatic carbocycles. The largest absolute Gasteiger partial charge is 0.480 e. The third-order valence-electron chi connectivity index (χ3n) is 2.51. The number of carboxylic acid groups (broad SMARTS) is 1. The maximum absolute atomic E-state index is 12.2. The predicted molar refractivity (Wildman–Crippen MR) is 83.7 cm³/mol. The first-order valence-electron chi connectivity index (χ1n) is 7.53. The van der Waals surface area contributed by atoms with Crippen molar-refractivity contribution in [1.29, 1.82) is 0 Å². The average molecular weight is 332 g/mol. The summed E-state index contributed by atoms with van der Waals surface area (Å²) < 4.78 is 10.1. The summed E-state index contributed by atoms with van der Waals surface area (Å²) in [5.74, 6) is -1.63. The highest BCUT2D eigenvalue weighted by Gasteiger charge is 2.36. The highest BCUT2D eigenvalue weighted by Crippen LogP contribution is 2.13. The quantitative estimate of drug-likeness (QED) is 0.750. The fraction of sp³-hybridized carbons (Fsp3) is 0.800. The number of carboxylic acids is 1. The minimum absolute atomic E-state index is 0.0738. The molecule has 0 bridgehead atoms. The van der Waals surface area contributed by atoms with E-state index in [-0.39, 0.29) is 12.5 Å². The van der Waals surface area contributed by atoms with E-state index in [1.165, 1.54) is 0 Å². The van der Waals surface area contributed by atoms with Gasteiger partial charge in [0.15, 0.2) is 6.04 Å². The molecule has 0 radical (unpaired) electrons. The Morgan fingerprint density at radius 1 is 1.13 bits per heavy atom. The standard InChI is InChI=1S/C15H28N2O6/c1-9(2)8-22-14(21)17(11(10(3)4)12(18)19)16-13(20)23-15(5,6)7/h9-11H,8H2,1-7H3,(H,16,20)(H,18,19)/t11-/m0/s1. The molecule has 2 amide bonds. The van der Waals surface area contributed by atoms with Gasteiger partial charge in [-0.3, -0.25) is 0 Å². The molecule has 0 aromatic heterocycles. The van der Waals surface area contributed by atoms with Crippen LogP contribution >= 0.6 is 0 Å². The predicted octanol–water partition coefficient (Wildman–Crippen LogP) is 2.63. The number of hydrazine groups is 1. The molecule has 0 saturated carbocycles. The van der Waals surface area contributed by atoms with Gasteiger partial charge in [-0.1, -0.05) is 27.7 Å². The van der Waals surface area contributed by atoms with Gasteiger partial charge in [0.1, 0.15) is 5.60 Å². The molecule has 0 aliphatic heterocycles. The minimum atomic E-state index is -1.28. The number of rotatable bonds is 5. The summed E-state index contributed by atoms with van der Waals surface area (Å²) in [5, 5.41) is 10.0. The number of nitrogens with one attached hydrogen (secondary N) is 1. The smallest absolute Gasteiger partial charge is 0.429 e. The van der Waals surface area contributed by atoms with Crippen molar-refractivity contribution in [1.82, 2.24) is 10.4 Å². The van der Waals surface area contributed by atoms with Crippen molar-refractivity contribution in [2.75, 3.05) is 6.61 Å². The molecule has 1 atom stereocenters. The molecule has 0 aromatic rings. The van der Waals surface area contributed by atoms with E-state index in [0.717, 1.165) is 0 Å². The molecule has 134 valence electrons. The Balaban J connectivity index is 5.24. The number of ether oxygens (including phenoxy) is 2. The molecule has 23 heavy (non-hydrogen) atoms. The van der Waals surface area contributed by atoms with E-state index in [4.69, 9.17) is 9.47 Å². The molecular weight excluding hydrogens is 304 g/mol. The Morgan fingerprint density at radius 3 is 2.00 bits per heavy atom. The van der Waals surface area contributed by atoms with Gasteiger partial charge < -0.3 is 14.6 Å². The van der Waals surface area contributed by atoms with Gasteiger partial charge in [-0.15, -0.1) is 0 Å². The van der Waals surface area contributed by atoms with Gasteiger partial charge in [-0.2, -0.15) is 0 Å². The van der Waals surface area contributed by atoms with Crippen molar-refractivity contribution in [3.63, 3.8) is 0 Å². The van der Waals surface area contributed by atoms with Crippen molar-refractivity contribution >= 4 is 18.2 Å². The minimum Gasteiger partial charge on any atom is -0.480 e. The molecule has 8 nitrogen and oxygen atoms in total. The van der Waals surface area contributed by atoms with Gasteiger partial charge >= 0.3 is 18.2 Å². The summed E-state index contributed by atoms with van der Waals surface area (Å²) in [4.78, 5) is 35.5. The summed E-state index contributed by atoms with van der Waals surface area (Å²) in [6.45, 7) is 12.0. The van der Waals surface area contributed by atoms with Crippen molar-refractivity contribution in [3.8, 4) is 0 Å². The van der Waals surface area contributed by atoms with E-state index >= 15 is 0 Å². The van der Waals surface area contributed by atoms with Crippen LogP contribution in [-0.4, -0.2) is 46.5 Å². The number of amides is 2. The van der Waals surface area contributed by atoms with Crippen LogP contribution in [-0.2, 0) is 14.3 Å². The maximum Gasteiger partial charge on any atom is 0.429 e. The van der Waals surface area contributed by atoms with Crippen molar-refractivity contribution in [2.24, 2.45) is 11.8 Å². The molecular formula is C15H28N2O6. The van der Waals surface area contributed by atoms with E-state index in [2.05, 4.69) is 5.43 Å². The molecule has 0 rings (SSSR count). The number of aliphatic carboxylic acids is 1. The fourth-order valence-electron chi connectivity index (χ4n) is 1.63. The Hall–Kier alpha value is -1.99. The molecule has 8 heteroatoms. The summed E-state index contributed by atoms with van der Waals surface area (Å²) in [6, 6.07) is -1.28. The molecule has 0 fully saturated rings. The first-order valence-corrected chi connectivity index (χ1v) is 7.53. The second-order valence-corrected chi connectivity index (χ2v) is 6.98. The molecule has 0 aliphatic rings.